The molecular formula is C18H22N6O2. The van der Waals surface area contributed by atoms with Gasteiger partial charge in [-0.05, 0) is 44.2 Å². The molecule has 2 saturated heterocycles. The van der Waals surface area contributed by atoms with E-state index in [1.807, 2.05) is 4.90 Å². The normalized spacial score (nSPS) is 22.4. The molecule has 2 fully saturated rings. The molecule has 2 unspecified atom stereocenters. The summed E-state index contributed by atoms with van der Waals surface area (Å²) in [6.45, 7) is 1.55. The summed E-state index contributed by atoms with van der Waals surface area (Å²) in [7, 11) is 2.13. The van der Waals surface area contributed by atoms with Gasteiger partial charge in [-0.1, -0.05) is 5.21 Å². The van der Waals surface area contributed by atoms with E-state index in [2.05, 4.69) is 27.6 Å². The van der Waals surface area contributed by atoms with Crippen LogP contribution < -0.4 is 5.32 Å². The first-order valence-electron chi connectivity index (χ1n) is 8.86. The molecule has 0 saturated carbocycles. The molecule has 4 rings (SSSR count). The van der Waals surface area contributed by atoms with Gasteiger partial charge < -0.3 is 10.2 Å². The summed E-state index contributed by atoms with van der Waals surface area (Å²) in [6, 6.07) is 7.93. The van der Waals surface area contributed by atoms with Gasteiger partial charge in [0, 0.05) is 30.7 Å². The lowest BCUT2D eigenvalue weighted by Crippen LogP contribution is -2.55. The minimum Gasteiger partial charge on any atom is -0.343 e. The molecule has 26 heavy (non-hydrogen) atoms. The molecule has 2 atom stereocenters. The van der Waals surface area contributed by atoms with Crippen molar-refractivity contribution in [1.82, 2.24) is 30.1 Å². The summed E-state index contributed by atoms with van der Waals surface area (Å²) >= 11 is 0. The molecule has 136 valence electrons. The molecule has 1 aromatic heterocycles. The van der Waals surface area contributed by atoms with Crippen LogP contribution in [-0.2, 0) is 4.79 Å². The maximum atomic E-state index is 12.4. The Bertz CT molecular complexity index is 775. The topological polar surface area (TPSA) is 83.4 Å². The van der Waals surface area contributed by atoms with E-state index >= 15 is 0 Å². The van der Waals surface area contributed by atoms with Gasteiger partial charge in [-0.15, -0.1) is 5.10 Å². The van der Waals surface area contributed by atoms with E-state index in [0.29, 0.717) is 17.6 Å². The third-order valence-electron chi connectivity index (χ3n) is 5.42. The molecule has 8 nitrogen and oxygen atoms in total. The van der Waals surface area contributed by atoms with E-state index in [9.17, 15) is 9.59 Å². The van der Waals surface area contributed by atoms with Crippen LogP contribution in [0.25, 0.3) is 5.69 Å². The van der Waals surface area contributed by atoms with Crippen molar-refractivity contribution in [1.29, 1.82) is 0 Å². The Balaban J connectivity index is 1.32. The van der Waals surface area contributed by atoms with Crippen molar-refractivity contribution in [3.63, 3.8) is 0 Å². The number of hydrogen-bond acceptors (Lipinski definition) is 5. The second kappa shape index (κ2) is 6.87. The smallest absolute Gasteiger partial charge is 0.251 e. The number of benzene rings is 1. The summed E-state index contributed by atoms with van der Waals surface area (Å²) in [5, 5.41) is 10.4. The molecule has 2 bridgehead atoms. The first-order valence-corrected chi connectivity index (χ1v) is 8.86. The molecule has 3 heterocycles. The van der Waals surface area contributed by atoms with Gasteiger partial charge in [0.1, 0.15) is 0 Å². The first-order chi connectivity index (χ1) is 12.6. The van der Waals surface area contributed by atoms with E-state index < -0.39 is 0 Å². The number of likely N-dealkylation sites (tertiary alicyclic amines) is 1. The molecular weight excluding hydrogens is 332 g/mol. The Morgan fingerprint density at radius 2 is 1.85 bits per heavy atom. The number of piperazine rings is 1. The number of fused-ring (bicyclic) bond motifs is 2. The van der Waals surface area contributed by atoms with Gasteiger partial charge >= 0.3 is 0 Å². The number of carbonyl (C=O) groups excluding carboxylic acids is 2. The fraction of sp³-hybridized carbons (Fsp3) is 0.444. The summed E-state index contributed by atoms with van der Waals surface area (Å²) < 4.78 is 1.62. The van der Waals surface area contributed by atoms with Gasteiger partial charge in [-0.25, -0.2) is 4.68 Å². The van der Waals surface area contributed by atoms with Crippen LogP contribution in [0.2, 0.25) is 0 Å². The molecule has 1 N–H and O–H groups in total. The van der Waals surface area contributed by atoms with E-state index in [1.54, 1.807) is 41.3 Å². The Labute approximate surface area is 151 Å². The van der Waals surface area contributed by atoms with Crippen molar-refractivity contribution in [2.75, 3.05) is 26.7 Å². The molecule has 2 aromatic rings. The van der Waals surface area contributed by atoms with Crippen molar-refractivity contribution in [2.45, 2.75) is 24.9 Å². The fourth-order valence-electron chi connectivity index (χ4n) is 3.80. The highest BCUT2D eigenvalue weighted by Gasteiger charge is 2.38. The molecule has 2 aliphatic rings. The number of hydrogen-bond donors (Lipinski definition) is 1. The molecule has 2 amide bonds. The highest BCUT2D eigenvalue weighted by Crippen LogP contribution is 2.28. The summed E-state index contributed by atoms with van der Waals surface area (Å²) in [6.07, 6.45) is 5.62. The van der Waals surface area contributed by atoms with E-state index in [0.717, 1.165) is 31.6 Å². The summed E-state index contributed by atoms with van der Waals surface area (Å²) in [5.41, 5.74) is 1.34. The number of rotatable bonds is 4. The minimum absolute atomic E-state index is 0.0115. The zero-order valence-corrected chi connectivity index (χ0v) is 14.7. The predicted octanol–water partition coefficient (Wildman–Crippen LogP) is 0.302. The lowest BCUT2D eigenvalue weighted by Gasteiger charge is -2.38. The van der Waals surface area contributed by atoms with Gasteiger partial charge in [-0.3, -0.25) is 14.5 Å². The number of likely N-dealkylation sites (N-methyl/N-ethyl adjacent to an activating group) is 1. The van der Waals surface area contributed by atoms with Gasteiger partial charge in [0.05, 0.1) is 24.6 Å². The Morgan fingerprint density at radius 3 is 2.46 bits per heavy atom. The van der Waals surface area contributed by atoms with Crippen LogP contribution in [0.3, 0.4) is 0 Å². The Kier molecular flexibility index (Phi) is 4.42. The lowest BCUT2D eigenvalue weighted by atomic mass is 10.2. The van der Waals surface area contributed by atoms with Crippen molar-refractivity contribution in [2.24, 2.45) is 0 Å². The quantitative estimate of drug-likeness (QED) is 0.854. The Hall–Kier alpha value is -2.74. The van der Waals surface area contributed by atoms with Gasteiger partial charge in [-0.2, -0.15) is 0 Å². The molecule has 0 aliphatic carbocycles. The maximum absolute atomic E-state index is 12.4. The minimum atomic E-state index is -0.249. The molecule has 8 heteroatoms. The molecule has 0 spiro atoms. The number of aromatic nitrogens is 3. The van der Waals surface area contributed by atoms with Crippen LogP contribution in [0.1, 0.15) is 23.2 Å². The van der Waals surface area contributed by atoms with Crippen LogP contribution >= 0.6 is 0 Å². The van der Waals surface area contributed by atoms with Gasteiger partial charge in [0.25, 0.3) is 5.91 Å². The van der Waals surface area contributed by atoms with E-state index in [-0.39, 0.29) is 18.4 Å². The molecule has 0 radical (unpaired) electrons. The standard InChI is InChI=1S/C18H22N6O2/c1-22-15-6-7-16(22)12-23(11-15)17(25)10-19-18(26)13-2-4-14(5-3-13)24-9-8-20-21-24/h2-5,8-9,15-16H,6-7,10-12H2,1H3,(H,19,26). The maximum Gasteiger partial charge on any atom is 0.251 e. The number of carbonyl (C=O) groups is 2. The zero-order chi connectivity index (χ0) is 18.1. The van der Waals surface area contributed by atoms with E-state index in [4.69, 9.17) is 0 Å². The highest BCUT2D eigenvalue weighted by molar-refractivity contribution is 5.96. The van der Waals surface area contributed by atoms with Crippen LogP contribution in [0.5, 0.6) is 0 Å². The van der Waals surface area contributed by atoms with Crippen molar-refractivity contribution >= 4 is 11.8 Å². The third-order valence-corrected chi connectivity index (χ3v) is 5.42. The summed E-state index contributed by atoms with van der Waals surface area (Å²) in [4.78, 5) is 29.0. The largest absolute Gasteiger partial charge is 0.343 e. The molecule has 1 aromatic carbocycles. The monoisotopic (exact) mass is 354 g/mol. The second-order valence-electron chi connectivity index (χ2n) is 6.93. The highest BCUT2D eigenvalue weighted by atomic mass is 16.2. The van der Waals surface area contributed by atoms with Gasteiger partial charge in [0.2, 0.25) is 5.91 Å². The average Bonchev–Trinajstić information content (AvgIpc) is 3.25. The van der Waals surface area contributed by atoms with Crippen molar-refractivity contribution in [3.05, 3.63) is 42.2 Å². The fourth-order valence-corrected chi connectivity index (χ4v) is 3.80. The third kappa shape index (κ3) is 3.20. The van der Waals surface area contributed by atoms with Crippen molar-refractivity contribution < 1.29 is 9.59 Å². The number of nitrogens with zero attached hydrogens (tertiary/aromatic N) is 5. The van der Waals surface area contributed by atoms with Gasteiger partial charge in [0.15, 0.2) is 0 Å². The van der Waals surface area contributed by atoms with Crippen LogP contribution in [0, 0.1) is 0 Å². The zero-order valence-electron chi connectivity index (χ0n) is 14.7. The first kappa shape index (κ1) is 16.7. The van der Waals surface area contributed by atoms with Crippen LogP contribution in [0.4, 0.5) is 0 Å². The van der Waals surface area contributed by atoms with E-state index in [1.165, 1.54) is 0 Å². The SMILES string of the molecule is CN1C2CCC1CN(C(=O)CNC(=O)c1ccc(-n3ccnn3)cc1)C2. The van der Waals surface area contributed by atoms with Crippen LogP contribution in [0.15, 0.2) is 36.7 Å². The average molecular weight is 354 g/mol. The van der Waals surface area contributed by atoms with Crippen molar-refractivity contribution in [3.8, 4) is 5.69 Å². The summed E-state index contributed by atoms with van der Waals surface area (Å²) in [5.74, 6) is -0.261. The Morgan fingerprint density at radius 1 is 1.15 bits per heavy atom. The second-order valence-corrected chi connectivity index (χ2v) is 6.93. The number of amides is 2. The van der Waals surface area contributed by atoms with Crippen LogP contribution in [-0.4, -0.2) is 75.4 Å². The number of nitrogens with one attached hydrogen (secondary N) is 1. The predicted molar refractivity (Wildman–Crippen MR) is 94.8 cm³/mol. The lowest BCUT2D eigenvalue weighted by molar-refractivity contribution is -0.133. The molecule has 2 aliphatic heterocycles.